The first-order valence-electron chi connectivity index (χ1n) is 6.17. The third-order valence-electron chi connectivity index (χ3n) is 2.72. The summed E-state index contributed by atoms with van der Waals surface area (Å²) in [5.41, 5.74) is 7.06. The molecule has 0 aliphatic carbocycles. The fourth-order valence-corrected chi connectivity index (χ4v) is 2.53. The molecule has 4 N–H and O–H groups in total. The minimum Gasteiger partial charge on any atom is -0.328 e. The molecule has 1 aliphatic rings. The lowest BCUT2D eigenvalue weighted by molar-refractivity contribution is -0.116. The monoisotopic (exact) mass is 315 g/mol. The van der Waals surface area contributed by atoms with Crippen LogP contribution in [-0.4, -0.2) is 23.6 Å². The zero-order valence-corrected chi connectivity index (χ0v) is 12.8. The molecule has 5 nitrogen and oxygen atoms in total. The van der Waals surface area contributed by atoms with Gasteiger partial charge in [-0.2, -0.15) is 0 Å². The number of rotatable bonds is 4. The van der Waals surface area contributed by atoms with Crippen molar-refractivity contribution >= 4 is 47.4 Å². The molecule has 1 aliphatic heterocycles. The number of anilines is 2. The molecule has 1 unspecified atom stereocenters. The van der Waals surface area contributed by atoms with Crippen molar-refractivity contribution in [3.63, 3.8) is 0 Å². The number of halogens is 1. The normalized spacial score (nSPS) is 14.6. The van der Waals surface area contributed by atoms with Crippen LogP contribution in [0.2, 0.25) is 0 Å². The van der Waals surface area contributed by atoms with Gasteiger partial charge in [-0.05, 0) is 31.5 Å². The maximum Gasteiger partial charge on any atom is 0.234 e. The SMILES string of the molecule is CC(N)CCC(=O)Nc1ccc2c(c1)NC(=O)CS2.Cl. The first kappa shape index (κ1) is 16.8. The molecule has 0 fully saturated rings. The number of hydrogen-bond donors (Lipinski definition) is 3. The Morgan fingerprint density at radius 1 is 1.55 bits per heavy atom. The number of benzene rings is 1. The fourth-order valence-electron chi connectivity index (χ4n) is 1.74. The van der Waals surface area contributed by atoms with Gasteiger partial charge in [-0.25, -0.2) is 0 Å². The molecule has 2 amide bonds. The van der Waals surface area contributed by atoms with E-state index in [9.17, 15) is 9.59 Å². The van der Waals surface area contributed by atoms with Gasteiger partial charge in [-0.1, -0.05) is 0 Å². The first-order chi connectivity index (χ1) is 9.04. The summed E-state index contributed by atoms with van der Waals surface area (Å²) in [6.45, 7) is 1.87. The Hall–Kier alpha value is -1.24. The van der Waals surface area contributed by atoms with Gasteiger partial charge in [0.25, 0.3) is 0 Å². The Balaban J connectivity index is 0.00000200. The summed E-state index contributed by atoms with van der Waals surface area (Å²) in [7, 11) is 0. The van der Waals surface area contributed by atoms with Crippen LogP contribution in [-0.2, 0) is 9.59 Å². The second-order valence-electron chi connectivity index (χ2n) is 4.61. The summed E-state index contributed by atoms with van der Waals surface area (Å²) in [6, 6.07) is 5.54. The number of hydrogen-bond acceptors (Lipinski definition) is 4. The fraction of sp³-hybridized carbons (Fsp3) is 0.385. The standard InChI is InChI=1S/C13H17N3O2S.ClH/c1-8(14)2-5-12(17)15-9-3-4-11-10(6-9)16-13(18)7-19-11;/h3-4,6,8H,2,5,7,14H2,1H3,(H,15,17)(H,16,18);1H. The average molecular weight is 316 g/mol. The molecule has 0 bridgehead atoms. The van der Waals surface area contributed by atoms with E-state index in [4.69, 9.17) is 5.73 Å². The number of thioether (sulfide) groups is 1. The topological polar surface area (TPSA) is 84.2 Å². The second-order valence-corrected chi connectivity index (χ2v) is 5.63. The molecule has 1 aromatic rings. The molecule has 1 heterocycles. The summed E-state index contributed by atoms with van der Waals surface area (Å²) in [4.78, 5) is 24.0. The number of nitrogens with two attached hydrogens (primary N) is 1. The van der Waals surface area contributed by atoms with E-state index in [2.05, 4.69) is 10.6 Å². The Morgan fingerprint density at radius 2 is 2.30 bits per heavy atom. The van der Waals surface area contributed by atoms with Gasteiger partial charge in [-0.3, -0.25) is 9.59 Å². The van der Waals surface area contributed by atoms with E-state index in [0.29, 0.717) is 24.3 Å². The largest absolute Gasteiger partial charge is 0.328 e. The van der Waals surface area contributed by atoms with Gasteiger partial charge >= 0.3 is 0 Å². The zero-order valence-electron chi connectivity index (χ0n) is 11.1. The number of amides is 2. The van der Waals surface area contributed by atoms with Crippen molar-refractivity contribution in [3.8, 4) is 0 Å². The second kappa shape index (κ2) is 7.52. The predicted molar refractivity (Wildman–Crippen MR) is 84.6 cm³/mol. The Labute approximate surface area is 128 Å². The van der Waals surface area contributed by atoms with Crippen molar-refractivity contribution < 1.29 is 9.59 Å². The molecule has 0 saturated carbocycles. The first-order valence-corrected chi connectivity index (χ1v) is 7.15. The van der Waals surface area contributed by atoms with Crippen LogP contribution in [0.4, 0.5) is 11.4 Å². The minimum absolute atomic E-state index is 0. The molecule has 1 atom stereocenters. The van der Waals surface area contributed by atoms with Gasteiger partial charge in [0.2, 0.25) is 11.8 Å². The predicted octanol–water partition coefficient (Wildman–Crippen LogP) is 2.22. The molecule has 1 aromatic carbocycles. The Bertz CT molecular complexity index is 508. The lowest BCUT2D eigenvalue weighted by Gasteiger charge is -2.17. The highest BCUT2D eigenvalue weighted by molar-refractivity contribution is 8.00. The molecule has 0 spiro atoms. The molecule has 7 heteroatoms. The Kier molecular flexibility index (Phi) is 6.32. The van der Waals surface area contributed by atoms with E-state index in [0.717, 1.165) is 10.6 Å². The molecular weight excluding hydrogens is 298 g/mol. The molecule has 0 aromatic heterocycles. The lowest BCUT2D eigenvalue weighted by Crippen LogP contribution is -2.20. The van der Waals surface area contributed by atoms with Crippen molar-refractivity contribution in [2.24, 2.45) is 5.73 Å². The van der Waals surface area contributed by atoms with E-state index < -0.39 is 0 Å². The van der Waals surface area contributed by atoms with E-state index >= 15 is 0 Å². The van der Waals surface area contributed by atoms with Crippen LogP contribution in [0.3, 0.4) is 0 Å². The van der Waals surface area contributed by atoms with E-state index in [1.807, 2.05) is 19.1 Å². The van der Waals surface area contributed by atoms with E-state index in [1.54, 1.807) is 6.07 Å². The van der Waals surface area contributed by atoms with Gasteiger partial charge in [0.15, 0.2) is 0 Å². The van der Waals surface area contributed by atoms with Crippen molar-refractivity contribution in [2.75, 3.05) is 16.4 Å². The van der Waals surface area contributed by atoms with Gasteiger partial charge in [0.1, 0.15) is 0 Å². The van der Waals surface area contributed by atoms with Gasteiger partial charge in [-0.15, -0.1) is 24.2 Å². The number of nitrogens with one attached hydrogen (secondary N) is 2. The Morgan fingerprint density at radius 3 is 3.00 bits per heavy atom. The summed E-state index contributed by atoms with van der Waals surface area (Å²) < 4.78 is 0. The number of carbonyl (C=O) groups excluding carboxylic acids is 2. The number of fused-ring (bicyclic) bond motifs is 1. The van der Waals surface area contributed by atoms with E-state index in [1.165, 1.54) is 11.8 Å². The number of carbonyl (C=O) groups is 2. The van der Waals surface area contributed by atoms with Crippen LogP contribution in [0.1, 0.15) is 19.8 Å². The van der Waals surface area contributed by atoms with Crippen LogP contribution in [0.15, 0.2) is 23.1 Å². The smallest absolute Gasteiger partial charge is 0.234 e. The van der Waals surface area contributed by atoms with Gasteiger partial charge < -0.3 is 16.4 Å². The summed E-state index contributed by atoms with van der Waals surface area (Å²) in [5.74, 6) is 0.359. The molecule has 20 heavy (non-hydrogen) atoms. The van der Waals surface area contributed by atoms with Crippen LogP contribution in [0.25, 0.3) is 0 Å². The quantitative estimate of drug-likeness (QED) is 0.795. The average Bonchev–Trinajstić information content (AvgIpc) is 2.36. The van der Waals surface area contributed by atoms with Crippen LogP contribution < -0.4 is 16.4 Å². The van der Waals surface area contributed by atoms with Gasteiger partial charge in [0, 0.05) is 23.0 Å². The molecule has 2 rings (SSSR count). The molecule has 0 radical (unpaired) electrons. The van der Waals surface area contributed by atoms with E-state index in [-0.39, 0.29) is 30.3 Å². The van der Waals surface area contributed by atoms with Crippen LogP contribution >= 0.6 is 24.2 Å². The highest BCUT2D eigenvalue weighted by atomic mass is 35.5. The van der Waals surface area contributed by atoms with Crippen LogP contribution in [0.5, 0.6) is 0 Å². The highest BCUT2D eigenvalue weighted by Crippen LogP contribution is 2.33. The summed E-state index contributed by atoms with van der Waals surface area (Å²) >= 11 is 1.50. The maximum absolute atomic E-state index is 11.7. The summed E-state index contributed by atoms with van der Waals surface area (Å²) in [5, 5.41) is 5.60. The van der Waals surface area contributed by atoms with Gasteiger partial charge in [0.05, 0.1) is 11.4 Å². The minimum atomic E-state index is -0.0629. The van der Waals surface area contributed by atoms with Crippen LogP contribution in [0, 0.1) is 0 Å². The molecular formula is C13H18ClN3O2S. The highest BCUT2D eigenvalue weighted by Gasteiger charge is 2.15. The lowest BCUT2D eigenvalue weighted by atomic mass is 10.2. The molecule has 110 valence electrons. The van der Waals surface area contributed by atoms with Crippen molar-refractivity contribution in [2.45, 2.75) is 30.7 Å². The van der Waals surface area contributed by atoms with Crippen molar-refractivity contribution in [1.82, 2.24) is 0 Å². The maximum atomic E-state index is 11.7. The van der Waals surface area contributed by atoms with Crippen molar-refractivity contribution in [3.05, 3.63) is 18.2 Å². The van der Waals surface area contributed by atoms with Crippen molar-refractivity contribution in [1.29, 1.82) is 0 Å². The third kappa shape index (κ3) is 4.70. The third-order valence-corrected chi connectivity index (χ3v) is 3.80. The molecule has 0 saturated heterocycles. The summed E-state index contributed by atoms with van der Waals surface area (Å²) in [6.07, 6.45) is 1.05. The zero-order chi connectivity index (χ0) is 13.8.